The van der Waals surface area contributed by atoms with E-state index in [4.69, 9.17) is 9.47 Å². The maximum Gasteiger partial charge on any atom is 0.307 e. The predicted molar refractivity (Wildman–Crippen MR) is 67.8 cm³/mol. The number of methoxy groups -OCH3 is 1. The summed E-state index contributed by atoms with van der Waals surface area (Å²) in [4.78, 5) is 23.2. The summed E-state index contributed by atoms with van der Waals surface area (Å²) in [7, 11) is 1.50. The minimum atomic E-state index is -0.650. The average Bonchev–Trinajstić information content (AvgIpc) is 2.77. The Labute approximate surface area is 111 Å². The second-order valence-corrected chi connectivity index (χ2v) is 5.18. The van der Waals surface area contributed by atoms with Crippen molar-refractivity contribution in [2.45, 2.75) is 36.9 Å². The van der Waals surface area contributed by atoms with Gasteiger partial charge in [0.2, 0.25) is 0 Å². The van der Waals surface area contributed by atoms with E-state index in [-0.39, 0.29) is 18.5 Å². The van der Waals surface area contributed by atoms with Gasteiger partial charge in [0.05, 0.1) is 11.8 Å². The Bertz CT molecular complexity index is 525. The molecule has 0 amide bonds. The zero-order chi connectivity index (χ0) is 13.5. The minimum absolute atomic E-state index is 0.214. The van der Waals surface area contributed by atoms with Gasteiger partial charge in [-0.05, 0) is 24.0 Å². The van der Waals surface area contributed by atoms with Gasteiger partial charge in [-0.3, -0.25) is 4.79 Å². The fraction of sp³-hybridized carbons (Fsp3) is 0.467. The molecule has 3 atom stereocenters. The van der Waals surface area contributed by atoms with Crippen LogP contribution in [0.15, 0.2) is 24.3 Å². The maximum absolute atomic E-state index is 11.8. The molecule has 0 spiro atoms. The molecule has 19 heavy (non-hydrogen) atoms. The van der Waals surface area contributed by atoms with Crippen molar-refractivity contribution < 1.29 is 19.1 Å². The normalized spacial score (nSPS) is 30.2. The van der Waals surface area contributed by atoms with Gasteiger partial charge in [0, 0.05) is 7.11 Å². The highest BCUT2D eigenvalue weighted by atomic mass is 16.6. The zero-order valence-electron chi connectivity index (χ0n) is 10.8. The molecule has 1 aromatic rings. The van der Waals surface area contributed by atoms with Crippen molar-refractivity contribution in [1.29, 1.82) is 0 Å². The maximum atomic E-state index is 11.8. The van der Waals surface area contributed by atoms with Gasteiger partial charge in [0.1, 0.15) is 18.5 Å². The molecule has 4 nitrogen and oxygen atoms in total. The Kier molecular flexibility index (Phi) is 2.90. The molecule has 0 radical (unpaired) electrons. The van der Waals surface area contributed by atoms with Crippen LogP contribution in [0.3, 0.4) is 0 Å². The number of hydrogen-bond donors (Lipinski definition) is 0. The van der Waals surface area contributed by atoms with Crippen molar-refractivity contribution in [1.82, 2.24) is 0 Å². The van der Waals surface area contributed by atoms with Gasteiger partial charge in [-0.1, -0.05) is 24.3 Å². The van der Waals surface area contributed by atoms with Crippen LogP contribution >= 0.6 is 0 Å². The molecule has 0 aromatic heterocycles. The first-order chi connectivity index (χ1) is 9.22. The average molecular weight is 260 g/mol. The van der Waals surface area contributed by atoms with Crippen molar-refractivity contribution >= 4 is 12.3 Å². The number of aryl methyl sites for hydroxylation is 1. The van der Waals surface area contributed by atoms with E-state index in [9.17, 15) is 9.59 Å². The van der Waals surface area contributed by atoms with E-state index in [0.29, 0.717) is 0 Å². The van der Waals surface area contributed by atoms with Crippen molar-refractivity contribution in [2.24, 2.45) is 0 Å². The van der Waals surface area contributed by atoms with E-state index in [1.54, 1.807) is 0 Å². The third kappa shape index (κ3) is 1.63. The molecule has 1 heterocycles. The summed E-state index contributed by atoms with van der Waals surface area (Å²) in [6.45, 7) is 0. The quantitative estimate of drug-likeness (QED) is 0.609. The molecule has 0 saturated carbocycles. The number of carbonyl (C=O) groups is 2. The molecule has 1 aromatic carbocycles. The van der Waals surface area contributed by atoms with E-state index < -0.39 is 11.5 Å². The highest BCUT2D eigenvalue weighted by Gasteiger charge is 2.57. The molecule has 4 heteroatoms. The molecule has 3 rings (SSSR count). The number of esters is 1. The molecular formula is C15H16O4. The summed E-state index contributed by atoms with van der Waals surface area (Å²) in [5.41, 5.74) is 1.56. The molecule has 100 valence electrons. The molecule has 1 fully saturated rings. The Hall–Kier alpha value is -1.68. The topological polar surface area (TPSA) is 52.6 Å². The summed E-state index contributed by atoms with van der Waals surface area (Å²) in [6, 6.07) is 7.95. The lowest BCUT2D eigenvalue weighted by Gasteiger charge is -2.41. The van der Waals surface area contributed by atoms with Crippen molar-refractivity contribution in [3.63, 3.8) is 0 Å². The van der Waals surface area contributed by atoms with E-state index in [0.717, 1.165) is 24.7 Å². The van der Waals surface area contributed by atoms with Gasteiger partial charge in [-0.2, -0.15) is 0 Å². The Morgan fingerprint density at radius 2 is 2.26 bits per heavy atom. The third-order valence-corrected chi connectivity index (χ3v) is 4.37. The number of carbonyl (C=O) groups excluding carboxylic acids is 2. The SMILES string of the molecule is COC(C=O)C12CC(=O)OC1CCc1ccccc12. The second kappa shape index (κ2) is 4.46. The highest BCUT2D eigenvalue weighted by molar-refractivity contribution is 5.78. The number of rotatable bonds is 3. The predicted octanol–water partition coefficient (Wildman–Crippen LogP) is 1.40. The third-order valence-electron chi connectivity index (χ3n) is 4.37. The zero-order valence-corrected chi connectivity index (χ0v) is 10.8. The van der Waals surface area contributed by atoms with Crippen LogP contribution < -0.4 is 0 Å². The monoisotopic (exact) mass is 260 g/mol. The van der Waals surface area contributed by atoms with Gasteiger partial charge in [-0.25, -0.2) is 0 Å². The number of fused-ring (bicyclic) bond motifs is 3. The van der Waals surface area contributed by atoms with E-state index in [2.05, 4.69) is 0 Å². The summed E-state index contributed by atoms with van der Waals surface area (Å²) in [5, 5.41) is 0. The van der Waals surface area contributed by atoms with Gasteiger partial charge in [0.15, 0.2) is 0 Å². The number of aldehydes is 1. The molecule has 0 N–H and O–H groups in total. The van der Waals surface area contributed by atoms with Crippen LogP contribution in [0.5, 0.6) is 0 Å². The van der Waals surface area contributed by atoms with E-state index in [1.807, 2.05) is 24.3 Å². The van der Waals surface area contributed by atoms with E-state index in [1.165, 1.54) is 12.7 Å². The smallest absolute Gasteiger partial charge is 0.307 e. The Morgan fingerprint density at radius 3 is 3.00 bits per heavy atom. The highest BCUT2D eigenvalue weighted by Crippen LogP contribution is 2.48. The lowest BCUT2D eigenvalue weighted by molar-refractivity contribution is -0.142. The summed E-state index contributed by atoms with van der Waals surface area (Å²) >= 11 is 0. The van der Waals surface area contributed by atoms with Gasteiger partial charge >= 0.3 is 5.97 Å². The van der Waals surface area contributed by atoms with Crippen molar-refractivity contribution in [3.05, 3.63) is 35.4 Å². The first-order valence-corrected chi connectivity index (χ1v) is 6.48. The van der Waals surface area contributed by atoms with Crippen LogP contribution in [0.25, 0.3) is 0 Å². The molecule has 1 saturated heterocycles. The first-order valence-electron chi connectivity index (χ1n) is 6.48. The van der Waals surface area contributed by atoms with Crippen molar-refractivity contribution in [3.8, 4) is 0 Å². The molecule has 0 bridgehead atoms. The van der Waals surface area contributed by atoms with Crippen LogP contribution in [0.2, 0.25) is 0 Å². The number of ether oxygens (including phenoxy) is 2. The standard InChI is InChI=1S/C15H16O4/c1-18-13(9-16)15-8-14(17)19-12(15)7-6-10-4-2-3-5-11(10)15/h2-5,9,12-13H,6-8H2,1H3. The van der Waals surface area contributed by atoms with Crippen LogP contribution in [0, 0.1) is 0 Å². The summed E-state index contributed by atoms with van der Waals surface area (Å²) < 4.78 is 10.8. The van der Waals surface area contributed by atoms with E-state index >= 15 is 0 Å². The fourth-order valence-corrected chi connectivity index (χ4v) is 3.55. The second-order valence-electron chi connectivity index (χ2n) is 5.18. The lowest BCUT2D eigenvalue weighted by atomic mass is 9.64. The minimum Gasteiger partial charge on any atom is -0.461 e. The lowest BCUT2D eigenvalue weighted by Crippen LogP contribution is -2.50. The summed E-state index contributed by atoms with van der Waals surface area (Å²) in [5.74, 6) is -0.245. The number of benzene rings is 1. The summed E-state index contributed by atoms with van der Waals surface area (Å²) in [6.07, 6.45) is 1.71. The van der Waals surface area contributed by atoms with Gasteiger partial charge in [0.25, 0.3) is 0 Å². The molecular weight excluding hydrogens is 244 g/mol. The van der Waals surface area contributed by atoms with Crippen molar-refractivity contribution in [2.75, 3.05) is 7.11 Å². The fourth-order valence-electron chi connectivity index (χ4n) is 3.55. The Morgan fingerprint density at radius 1 is 1.47 bits per heavy atom. The molecule has 1 aliphatic heterocycles. The molecule has 2 aliphatic rings. The van der Waals surface area contributed by atoms with Gasteiger partial charge in [-0.15, -0.1) is 0 Å². The van der Waals surface area contributed by atoms with Crippen LogP contribution in [-0.4, -0.2) is 31.6 Å². The molecule has 1 aliphatic carbocycles. The first kappa shape index (κ1) is 12.4. The van der Waals surface area contributed by atoms with Crippen LogP contribution in [0.4, 0.5) is 0 Å². The Balaban J connectivity index is 2.19. The number of hydrogen-bond acceptors (Lipinski definition) is 4. The van der Waals surface area contributed by atoms with Crippen LogP contribution in [0.1, 0.15) is 24.0 Å². The van der Waals surface area contributed by atoms with Crippen LogP contribution in [-0.2, 0) is 30.9 Å². The van der Waals surface area contributed by atoms with Gasteiger partial charge < -0.3 is 14.3 Å². The molecule has 3 unspecified atom stereocenters. The largest absolute Gasteiger partial charge is 0.461 e.